The summed E-state index contributed by atoms with van der Waals surface area (Å²) >= 11 is 6.03. The summed E-state index contributed by atoms with van der Waals surface area (Å²) in [7, 11) is 0. The number of halogens is 4. The van der Waals surface area contributed by atoms with Crippen LogP contribution in [0.3, 0.4) is 0 Å². The molecule has 0 aliphatic heterocycles. The molecule has 0 bridgehead atoms. The van der Waals surface area contributed by atoms with Gasteiger partial charge in [0.05, 0.1) is 12.2 Å². The van der Waals surface area contributed by atoms with Gasteiger partial charge in [0, 0.05) is 16.7 Å². The zero-order valence-corrected chi connectivity index (χ0v) is 21.3. The molecule has 3 aromatic carbocycles. The first kappa shape index (κ1) is 27.0. The first-order valence-corrected chi connectivity index (χ1v) is 12.0. The molecular weight excluding hydrogens is 519 g/mol. The summed E-state index contributed by atoms with van der Waals surface area (Å²) in [5, 5.41) is 0.569. The second-order valence-electron chi connectivity index (χ2n) is 8.23. The quantitative estimate of drug-likeness (QED) is 0.168. The fraction of sp³-hybridized carbons (Fsp3) is 0.172. The van der Waals surface area contributed by atoms with Gasteiger partial charge in [-0.1, -0.05) is 35.9 Å². The molecule has 4 rings (SSSR count). The average Bonchev–Trinajstić information content (AvgIpc) is 3.27. The molecule has 0 saturated carbocycles. The van der Waals surface area contributed by atoms with Crippen molar-refractivity contribution in [2.24, 2.45) is 0 Å². The van der Waals surface area contributed by atoms with Crippen LogP contribution in [0.2, 0.25) is 5.02 Å². The highest BCUT2D eigenvalue weighted by molar-refractivity contribution is 6.30. The highest BCUT2D eigenvalue weighted by Crippen LogP contribution is 2.32. The summed E-state index contributed by atoms with van der Waals surface area (Å²) in [5.74, 6) is 0.730. The Morgan fingerprint density at radius 1 is 1.03 bits per heavy atom. The lowest BCUT2D eigenvalue weighted by molar-refractivity contribution is -0.138. The Morgan fingerprint density at radius 2 is 1.74 bits per heavy atom. The molecule has 0 unspecified atom stereocenters. The van der Waals surface area contributed by atoms with Crippen LogP contribution in [0, 0.1) is 6.92 Å². The predicted octanol–water partition coefficient (Wildman–Crippen LogP) is 7.90. The van der Waals surface area contributed by atoms with Crippen LogP contribution in [0.1, 0.15) is 35.1 Å². The van der Waals surface area contributed by atoms with Crippen LogP contribution in [0.15, 0.2) is 83.3 Å². The molecule has 1 aromatic heterocycles. The molecule has 0 spiro atoms. The number of aryl methyl sites for hydroxylation is 1. The molecule has 0 saturated heterocycles. The maximum Gasteiger partial charge on any atom is 0.416 e. The van der Waals surface area contributed by atoms with E-state index in [0.29, 0.717) is 33.4 Å². The minimum atomic E-state index is -4.42. The molecule has 5 nitrogen and oxygen atoms in total. The van der Waals surface area contributed by atoms with E-state index in [0.717, 1.165) is 23.3 Å². The van der Waals surface area contributed by atoms with Crippen molar-refractivity contribution in [1.82, 2.24) is 4.98 Å². The summed E-state index contributed by atoms with van der Waals surface area (Å²) < 4.78 is 55.3. The molecule has 9 heteroatoms. The van der Waals surface area contributed by atoms with Crippen LogP contribution >= 0.6 is 11.6 Å². The Labute approximate surface area is 222 Å². The Hall–Kier alpha value is -4.04. The molecular formula is C29H23ClF3NO4. The van der Waals surface area contributed by atoms with Crippen molar-refractivity contribution in [3.8, 4) is 17.2 Å². The summed E-state index contributed by atoms with van der Waals surface area (Å²) in [5.41, 5.74) is 2.31. The highest BCUT2D eigenvalue weighted by atomic mass is 35.5. The normalized spacial score (nSPS) is 11.9. The van der Waals surface area contributed by atoms with Crippen LogP contribution < -0.4 is 4.74 Å². The molecule has 4 aromatic rings. The predicted molar refractivity (Wildman–Crippen MR) is 138 cm³/mol. The Morgan fingerprint density at radius 3 is 2.39 bits per heavy atom. The lowest BCUT2D eigenvalue weighted by Gasteiger charge is -2.11. The first-order valence-electron chi connectivity index (χ1n) is 11.7. The third-order valence-electron chi connectivity index (χ3n) is 5.58. The highest BCUT2D eigenvalue weighted by Gasteiger charge is 2.30. The van der Waals surface area contributed by atoms with Gasteiger partial charge in [-0.3, -0.25) is 0 Å². The summed E-state index contributed by atoms with van der Waals surface area (Å²) in [6, 6.07) is 18.9. The third-order valence-corrected chi connectivity index (χ3v) is 5.83. The lowest BCUT2D eigenvalue weighted by atomic mass is 9.97. The molecule has 0 aliphatic rings. The fourth-order valence-corrected chi connectivity index (χ4v) is 3.78. The molecule has 0 atom stereocenters. The van der Waals surface area contributed by atoms with Crippen LogP contribution in [0.5, 0.6) is 5.75 Å². The smallest absolute Gasteiger partial charge is 0.416 e. The minimum Gasteiger partial charge on any atom is -0.487 e. The summed E-state index contributed by atoms with van der Waals surface area (Å²) in [4.78, 5) is 16.7. The van der Waals surface area contributed by atoms with Crippen molar-refractivity contribution in [2.45, 2.75) is 26.6 Å². The van der Waals surface area contributed by atoms with Crippen molar-refractivity contribution < 1.29 is 31.9 Å². The van der Waals surface area contributed by atoms with Gasteiger partial charge in [0.2, 0.25) is 5.89 Å². The topological polar surface area (TPSA) is 61.6 Å². The number of esters is 1. The molecule has 0 fully saturated rings. The van der Waals surface area contributed by atoms with E-state index in [1.807, 2.05) is 18.2 Å². The maximum absolute atomic E-state index is 12.9. The number of ether oxygens (including phenoxy) is 2. The van der Waals surface area contributed by atoms with E-state index in [1.165, 1.54) is 18.2 Å². The van der Waals surface area contributed by atoms with E-state index >= 15 is 0 Å². The van der Waals surface area contributed by atoms with Crippen LogP contribution in [-0.4, -0.2) is 17.6 Å². The van der Waals surface area contributed by atoms with Gasteiger partial charge in [0.15, 0.2) is 0 Å². The Kier molecular flexibility index (Phi) is 8.22. The minimum absolute atomic E-state index is 0.0668. The van der Waals surface area contributed by atoms with Crippen molar-refractivity contribution in [3.05, 3.63) is 112 Å². The number of nitrogens with zero attached hydrogens (tertiary/aromatic N) is 1. The number of carbonyl (C=O) groups excluding carboxylic acids is 1. The van der Waals surface area contributed by atoms with E-state index in [9.17, 15) is 18.0 Å². The third kappa shape index (κ3) is 6.63. The number of hydrogen-bond acceptors (Lipinski definition) is 5. The first-order chi connectivity index (χ1) is 18.1. The molecule has 38 heavy (non-hydrogen) atoms. The van der Waals surface area contributed by atoms with Crippen molar-refractivity contribution in [1.29, 1.82) is 0 Å². The van der Waals surface area contributed by atoms with Crippen LogP contribution in [-0.2, 0) is 22.3 Å². The van der Waals surface area contributed by atoms with Crippen LogP contribution in [0.25, 0.3) is 17.0 Å². The number of oxazole rings is 1. The number of aromatic nitrogens is 1. The van der Waals surface area contributed by atoms with Gasteiger partial charge < -0.3 is 13.9 Å². The molecule has 0 radical (unpaired) electrons. The number of benzene rings is 3. The molecule has 0 N–H and O–H groups in total. The van der Waals surface area contributed by atoms with Gasteiger partial charge in [0.25, 0.3) is 0 Å². The number of alkyl halides is 3. The van der Waals surface area contributed by atoms with E-state index in [4.69, 9.17) is 25.5 Å². The molecule has 0 amide bonds. The second kappa shape index (κ2) is 11.6. The lowest BCUT2D eigenvalue weighted by Crippen LogP contribution is -2.04. The second-order valence-corrected chi connectivity index (χ2v) is 8.67. The monoisotopic (exact) mass is 541 g/mol. The average molecular weight is 542 g/mol. The SMILES string of the molecule is CCOC(=O)/C=C(\c1ccc(Cl)cc1)c1cccc(OCc2nc(-c3ccc(C(F)(F)F)cc3)oc2C)c1. The summed E-state index contributed by atoms with van der Waals surface area (Å²) in [6.07, 6.45) is -3.00. The standard InChI is InChI=1S/C29H23ClF3NO4/c1-3-36-27(35)16-25(19-9-13-23(30)14-10-19)21-5-4-6-24(15-21)37-17-26-18(2)38-28(34-26)20-7-11-22(12-8-20)29(31,32)33/h4-16H,3,17H2,1-2H3/b25-16+. The van der Waals surface area contributed by atoms with E-state index < -0.39 is 17.7 Å². The molecule has 1 heterocycles. The molecule has 196 valence electrons. The van der Waals surface area contributed by atoms with Crippen LogP contribution in [0.4, 0.5) is 13.2 Å². The van der Waals surface area contributed by atoms with Gasteiger partial charge >= 0.3 is 12.1 Å². The van der Waals surface area contributed by atoms with Gasteiger partial charge in [-0.2, -0.15) is 13.2 Å². The van der Waals surface area contributed by atoms with Gasteiger partial charge in [-0.05, 0) is 79.1 Å². The number of hydrogen-bond donors (Lipinski definition) is 0. The Balaban J connectivity index is 1.54. The zero-order chi connectivity index (χ0) is 27.3. The Bertz CT molecular complexity index is 1440. The van der Waals surface area contributed by atoms with Crippen molar-refractivity contribution in [3.63, 3.8) is 0 Å². The van der Waals surface area contributed by atoms with E-state index in [1.54, 1.807) is 44.2 Å². The molecule has 0 aliphatic carbocycles. The van der Waals surface area contributed by atoms with Gasteiger partial charge in [-0.25, -0.2) is 9.78 Å². The van der Waals surface area contributed by atoms with E-state index in [-0.39, 0.29) is 19.1 Å². The van der Waals surface area contributed by atoms with Gasteiger partial charge in [0.1, 0.15) is 23.8 Å². The summed E-state index contributed by atoms with van der Waals surface area (Å²) in [6.45, 7) is 3.75. The zero-order valence-electron chi connectivity index (χ0n) is 20.5. The fourth-order valence-electron chi connectivity index (χ4n) is 3.66. The van der Waals surface area contributed by atoms with E-state index in [2.05, 4.69) is 4.98 Å². The van der Waals surface area contributed by atoms with Crippen molar-refractivity contribution >= 4 is 23.1 Å². The number of carbonyl (C=O) groups is 1. The van der Waals surface area contributed by atoms with Gasteiger partial charge in [-0.15, -0.1) is 0 Å². The maximum atomic E-state index is 12.9. The largest absolute Gasteiger partial charge is 0.487 e. The van der Waals surface area contributed by atoms with Crippen molar-refractivity contribution in [2.75, 3.05) is 6.61 Å². The number of rotatable bonds is 8.